The van der Waals surface area contributed by atoms with Gasteiger partial charge in [0.25, 0.3) is 0 Å². The Labute approximate surface area is 94.4 Å². The van der Waals surface area contributed by atoms with E-state index in [2.05, 4.69) is 5.32 Å². The van der Waals surface area contributed by atoms with Crippen LogP contribution in [0, 0.1) is 13.8 Å². The number of nitrogens with one attached hydrogen (secondary N) is 1. The number of carbonyl (C=O) groups excluding carboxylic acids is 1. The van der Waals surface area contributed by atoms with Crippen LogP contribution in [0.3, 0.4) is 0 Å². The maximum absolute atomic E-state index is 11.2. The molecule has 0 atom stereocenters. The van der Waals surface area contributed by atoms with E-state index in [4.69, 9.17) is 16.3 Å². The molecule has 0 aromatic heterocycles. The topological polar surface area (TPSA) is 38.3 Å². The van der Waals surface area contributed by atoms with Crippen molar-refractivity contribution in [3.8, 4) is 0 Å². The molecule has 0 heterocycles. The van der Waals surface area contributed by atoms with E-state index in [1.54, 1.807) is 0 Å². The maximum Gasteiger partial charge on any atom is 0.411 e. The van der Waals surface area contributed by atoms with Crippen molar-refractivity contribution in [2.45, 2.75) is 13.8 Å². The molecule has 0 fully saturated rings. The predicted molar refractivity (Wildman–Crippen MR) is 61.6 cm³/mol. The second-order valence-electron chi connectivity index (χ2n) is 3.20. The zero-order chi connectivity index (χ0) is 11.3. The van der Waals surface area contributed by atoms with E-state index < -0.39 is 6.09 Å². The van der Waals surface area contributed by atoms with E-state index >= 15 is 0 Å². The van der Waals surface area contributed by atoms with E-state index in [0.29, 0.717) is 5.88 Å². The number of benzene rings is 1. The number of halogens is 1. The van der Waals surface area contributed by atoms with Crippen molar-refractivity contribution in [3.05, 3.63) is 29.3 Å². The van der Waals surface area contributed by atoms with Crippen LogP contribution in [0.5, 0.6) is 0 Å². The van der Waals surface area contributed by atoms with Crippen LogP contribution in [0.1, 0.15) is 11.1 Å². The van der Waals surface area contributed by atoms with Gasteiger partial charge in [0.2, 0.25) is 0 Å². The smallest absolute Gasteiger partial charge is 0.411 e. The molecule has 82 valence electrons. The highest BCUT2D eigenvalue weighted by atomic mass is 35.5. The number of amides is 1. The lowest BCUT2D eigenvalue weighted by atomic mass is 10.1. The van der Waals surface area contributed by atoms with Gasteiger partial charge < -0.3 is 4.74 Å². The van der Waals surface area contributed by atoms with E-state index in [0.717, 1.165) is 16.8 Å². The Bertz CT molecular complexity index is 352. The predicted octanol–water partition coefficient (Wildman–Crippen LogP) is 3.09. The molecule has 0 aliphatic heterocycles. The summed E-state index contributed by atoms with van der Waals surface area (Å²) in [4.78, 5) is 11.2. The van der Waals surface area contributed by atoms with Crippen molar-refractivity contribution in [3.63, 3.8) is 0 Å². The van der Waals surface area contributed by atoms with Crippen LogP contribution in [0.25, 0.3) is 0 Å². The number of ether oxygens (including phenoxy) is 1. The molecule has 1 amide bonds. The maximum atomic E-state index is 11.2. The highest BCUT2D eigenvalue weighted by Gasteiger charge is 2.05. The third kappa shape index (κ3) is 3.44. The Balaban J connectivity index is 2.64. The number of aryl methyl sites for hydroxylation is 1. The zero-order valence-electron chi connectivity index (χ0n) is 8.84. The van der Waals surface area contributed by atoms with Gasteiger partial charge in [-0.2, -0.15) is 0 Å². The molecular weight excluding hydrogens is 214 g/mol. The van der Waals surface area contributed by atoms with E-state index in [1.807, 2.05) is 32.0 Å². The zero-order valence-corrected chi connectivity index (χ0v) is 9.60. The minimum absolute atomic E-state index is 0.220. The van der Waals surface area contributed by atoms with Crippen LogP contribution in [0.4, 0.5) is 10.5 Å². The Morgan fingerprint density at radius 3 is 2.87 bits per heavy atom. The van der Waals surface area contributed by atoms with E-state index in [9.17, 15) is 4.79 Å². The van der Waals surface area contributed by atoms with Crippen molar-refractivity contribution in [1.29, 1.82) is 0 Å². The molecule has 4 heteroatoms. The molecule has 0 spiro atoms. The molecule has 1 rings (SSSR count). The number of anilines is 1. The van der Waals surface area contributed by atoms with Gasteiger partial charge in [0.05, 0.1) is 5.88 Å². The standard InChI is InChI=1S/C11H14ClNO2/c1-8-4-3-5-10(9(8)2)13-11(14)15-7-6-12/h3-5H,6-7H2,1-2H3,(H,13,14). The monoisotopic (exact) mass is 227 g/mol. The van der Waals surface area contributed by atoms with Gasteiger partial charge in [-0.05, 0) is 31.0 Å². The number of rotatable bonds is 3. The largest absolute Gasteiger partial charge is 0.448 e. The molecule has 0 aliphatic carbocycles. The van der Waals surface area contributed by atoms with Gasteiger partial charge in [-0.25, -0.2) is 4.79 Å². The fourth-order valence-corrected chi connectivity index (χ4v) is 1.24. The summed E-state index contributed by atoms with van der Waals surface area (Å²) >= 11 is 5.40. The van der Waals surface area contributed by atoms with Crippen LogP contribution < -0.4 is 5.32 Å². The molecule has 15 heavy (non-hydrogen) atoms. The molecular formula is C11H14ClNO2. The fraction of sp³-hybridized carbons (Fsp3) is 0.364. The molecule has 0 saturated carbocycles. The van der Waals surface area contributed by atoms with Gasteiger partial charge >= 0.3 is 6.09 Å². The first-order chi connectivity index (χ1) is 7.15. The Kier molecular flexibility index (Phi) is 4.43. The highest BCUT2D eigenvalue weighted by Crippen LogP contribution is 2.17. The summed E-state index contributed by atoms with van der Waals surface area (Å²) in [5.41, 5.74) is 2.94. The van der Waals surface area contributed by atoms with E-state index in [1.165, 1.54) is 0 Å². The average Bonchev–Trinajstić information content (AvgIpc) is 2.22. The SMILES string of the molecule is Cc1cccc(NC(=O)OCCCl)c1C. The molecule has 1 N–H and O–H groups in total. The summed E-state index contributed by atoms with van der Waals surface area (Å²) in [6.45, 7) is 4.16. The van der Waals surface area contributed by atoms with Crippen molar-refractivity contribution < 1.29 is 9.53 Å². The third-order valence-corrected chi connectivity index (χ3v) is 2.31. The first-order valence-corrected chi connectivity index (χ1v) is 5.24. The first-order valence-electron chi connectivity index (χ1n) is 4.71. The van der Waals surface area contributed by atoms with Gasteiger partial charge in [0.15, 0.2) is 0 Å². The van der Waals surface area contributed by atoms with Gasteiger partial charge in [0, 0.05) is 5.69 Å². The lowest BCUT2D eigenvalue weighted by molar-refractivity contribution is 0.168. The number of hydrogen-bond donors (Lipinski definition) is 1. The summed E-state index contributed by atoms with van der Waals surface area (Å²) in [6, 6.07) is 5.72. The third-order valence-electron chi connectivity index (χ3n) is 2.15. The Morgan fingerprint density at radius 1 is 1.47 bits per heavy atom. The Morgan fingerprint density at radius 2 is 2.20 bits per heavy atom. The second kappa shape index (κ2) is 5.61. The summed E-state index contributed by atoms with van der Waals surface area (Å²) in [6.07, 6.45) is -0.468. The van der Waals surface area contributed by atoms with Crippen LogP contribution >= 0.6 is 11.6 Å². The van der Waals surface area contributed by atoms with Crippen LogP contribution in [-0.4, -0.2) is 18.6 Å². The summed E-state index contributed by atoms with van der Waals surface area (Å²) < 4.78 is 4.81. The molecule has 1 aromatic carbocycles. The second-order valence-corrected chi connectivity index (χ2v) is 3.58. The lowest BCUT2D eigenvalue weighted by Gasteiger charge is -2.09. The van der Waals surface area contributed by atoms with Gasteiger partial charge in [-0.3, -0.25) is 5.32 Å². The fourth-order valence-electron chi connectivity index (χ4n) is 1.16. The van der Waals surface area contributed by atoms with Gasteiger partial charge in [-0.1, -0.05) is 12.1 Å². The highest BCUT2D eigenvalue weighted by molar-refractivity contribution is 6.18. The number of carbonyl (C=O) groups is 1. The number of hydrogen-bond acceptors (Lipinski definition) is 2. The summed E-state index contributed by atoms with van der Waals surface area (Å²) in [5.74, 6) is 0.306. The quantitative estimate of drug-likeness (QED) is 0.806. The Hall–Kier alpha value is -1.22. The van der Waals surface area contributed by atoms with Gasteiger partial charge in [0.1, 0.15) is 6.61 Å². The molecule has 0 aliphatic rings. The van der Waals surface area contributed by atoms with E-state index in [-0.39, 0.29) is 6.61 Å². The molecule has 0 radical (unpaired) electrons. The van der Waals surface area contributed by atoms with Crippen molar-refractivity contribution in [2.75, 3.05) is 17.8 Å². The minimum atomic E-state index is -0.468. The summed E-state index contributed by atoms with van der Waals surface area (Å²) in [5, 5.41) is 2.67. The lowest BCUT2D eigenvalue weighted by Crippen LogP contribution is -2.15. The molecule has 3 nitrogen and oxygen atoms in total. The summed E-state index contributed by atoms with van der Waals surface area (Å²) in [7, 11) is 0. The van der Waals surface area contributed by atoms with Crippen LogP contribution in [0.15, 0.2) is 18.2 Å². The average molecular weight is 228 g/mol. The normalized spacial score (nSPS) is 9.80. The molecule has 1 aromatic rings. The number of alkyl halides is 1. The van der Waals surface area contributed by atoms with Crippen molar-refractivity contribution >= 4 is 23.4 Å². The minimum Gasteiger partial charge on any atom is -0.448 e. The molecule has 0 bridgehead atoms. The van der Waals surface area contributed by atoms with Crippen LogP contribution in [0.2, 0.25) is 0 Å². The molecule has 0 saturated heterocycles. The van der Waals surface area contributed by atoms with Crippen molar-refractivity contribution in [2.24, 2.45) is 0 Å². The van der Waals surface area contributed by atoms with Crippen molar-refractivity contribution in [1.82, 2.24) is 0 Å². The molecule has 0 unspecified atom stereocenters. The van der Waals surface area contributed by atoms with Crippen LogP contribution in [-0.2, 0) is 4.74 Å². The van der Waals surface area contributed by atoms with Gasteiger partial charge in [-0.15, -0.1) is 11.6 Å². The first kappa shape index (κ1) is 11.9.